The third-order valence-electron chi connectivity index (χ3n) is 6.55. The lowest BCUT2D eigenvalue weighted by atomic mass is 10.0. The summed E-state index contributed by atoms with van der Waals surface area (Å²) in [5.74, 6) is 1.91. The molecule has 244 valence electrons. The van der Waals surface area contributed by atoms with Crippen LogP contribution in [-0.2, 0) is 38.0 Å². The van der Waals surface area contributed by atoms with Crippen LogP contribution in [0.3, 0.4) is 0 Å². The van der Waals surface area contributed by atoms with Gasteiger partial charge in [-0.1, -0.05) is 40.5 Å². The van der Waals surface area contributed by atoms with Crippen LogP contribution >= 0.6 is 0 Å². The molecule has 0 saturated heterocycles. The van der Waals surface area contributed by atoms with Gasteiger partial charge in [0.25, 0.3) is 0 Å². The topological polar surface area (TPSA) is 89.5 Å². The molecular formula is C33H64O8. The zero-order valence-corrected chi connectivity index (χ0v) is 27.1. The largest absolute Gasteiger partial charge is 0.379 e. The SMILES string of the molecule is CC(C)CCCCOCCOCCOCCCCC(=O)CCCC(=O)CCCCOCCOCCOCCC(C)C. The van der Waals surface area contributed by atoms with E-state index in [1.807, 2.05) is 0 Å². The van der Waals surface area contributed by atoms with Gasteiger partial charge in [0.2, 0.25) is 0 Å². The molecule has 0 aromatic heterocycles. The minimum Gasteiger partial charge on any atom is -0.379 e. The van der Waals surface area contributed by atoms with Crippen molar-refractivity contribution in [3.05, 3.63) is 0 Å². The van der Waals surface area contributed by atoms with Gasteiger partial charge in [-0.15, -0.1) is 0 Å². The lowest BCUT2D eigenvalue weighted by Crippen LogP contribution is -2.11. The predicted octanol–water partition coefficient (Wildman–Crippen LogP) is 6.61. The van der Waals surface area contributed by atoms with Crippen LogP contribution in [0.1, 0.15) is 111 Å². The summed E-state index contributed by atoms with van der Waals surface area (Å²) in [6.07, 6.45) is 10.8. The van der Waals surface area contributed by atoms with Crippen LogP contribution < -0.4 is 0 Å². The first kappa shape index (κ1) is 40.1. The fourth-order valence-corrected chi connectivity index (χ4v) is 3.94. The van der Waals surface area contributed by atoms with E-state index in [-0.39, 0.29) is 11.6 Å². The molecule has 0 amide bonds. The first-order valence-corrected chi connectivity index (χ1v) is 16.4. The van der Waals surface area contributed by atoms with E-state index in [2.05, 4.69) is 27.7 Å². The highest BCUT2D eigenvalue weighted by Crippen LogP contribution is 2.08. The summed E-state index contributed by atoms with van der Waals surface area (Å²) in [7, 11) is 0. The van der Waals surface area contributed by atoms with Crippen LogP contribution in [-0.4, -0.2) is 90.8 Å². The van der Waals surface area contributed by atoms with Crippen LogP contribution in [0.5, 0.6) is 0 Å². The summed E-state index contributed by atoms with van der Waals surface area (Å²) >= 11 is 0. The number of carbonyl (C=O) groups excluding carboxylic acids is 2. The average molecular weight is 589 g/mol. The molecule has 0 aromatic carbocycles. The van der Waals surface area contributed by atoms with Crippen molar-refractivity contribution < 1.29 is 38.0 Å². The molecule has 0 aliphatic carbocycles. The Kier molecular flexibility index (Phi) is 31.3. The van der Waals surface area contributed by atoms with Crippen molar-refractivity contribution in [3.63, 3.8) is 0 Å². The van der Waals surface area contributed by atoms with E-state index in [1.165, 1.54) is 12.8 Å². The highest BCUT2D eigenvalue weighted by Gasteiger charge is 2.06. The molecule has 0 radical (unpaired) electrons. The number of rotatable bonds is 34. The second-order valence-electron chi connectivity index (χ2n) is 11.6. The Morgan fingerprint density at radius 1 is 0.366 bits per heavy atom. The molecule has 8 nitrogen and oxygen atoms in total. The molecule has 8 heteroatoms. The summed E-state index contributed by atoms with van der Waals surface area (Å²) < 4.78 is 33.2. The van der Waals surface area contributed by atoms with E-state index in [0.29, 0.717) is 104 Å². The van der Waals surface area contributed by atoms with Gasteiger partial charge >= 0.3 is 0 Å². The van der Waals surface area contributed by atoms with Crippen LogP contribution in [0.2, 0.25) is 0 Å². The Balaban J connectivity index is 3.28. The lowest BCUT2D eigenvalue weighted by molar-refractivity contribution is -0.120. The van der Waals surface area contributed by atoms with Gasteiger partial charge in [-0.05, 0) is 56.8 Å². The molecule has 0 atom stereocenters. The second kappa shape index (κ2) is 32.0. The summed E-state index contributed by atoms with van der Waals surface area (Å²) in [6.45, 7) is 16.5. The maximum atomic E-state index is 12.1. The Bertz CT molecular complexity index is 567. The summed E-state index contributed by atoms with van der Waals surface area (Å²) in [5.41, 5.74) is 0. The molecular weight excluding hydrogens is 524 g/mol. The van der Waals surface area contributed by atoms with E-state index in [0.717, 1.165) is 57.7 Å². The van der Waals surface area contributed by atoms with Crippen molar-refractivity contribution in [2.45, 2.75) is 111 Å². The molecule has 0 fully saturated rings. The number of unbranched alkanes of at least 4 members (excludes halogenated alkanes) is 3. The van der Waals surface area contributed by atoms with Crippen LogP contribution in [0, 0.1) is 11.8 Å². The highest BCUT2D eigenvalue weighted by atomic mass is 16.5. The number of hydrogen-bond acceptors (Lipinski definition) is 8. The molecule has 0 spiro atoms. The van der Waals surface area contributed by atoms with E-state index in [4.69, 9.17) is 28.4 Å². The van der Waals surface area contributed by atoms with Gasteiger partial charge in [-0.3, -0.25) is 9.59 Å². The zero-order valence-electron chi connectivity index (χ0n) is 27.1. The fraction of sp³-hybridized carbons (Fsp3) is 0.939. The van der Waals surface area contributed by atoms with Crippen LogP contribution in [0.25, 0.3) is 0 Å². The average Bonchev–Trinajstić information content (AvgIpc) is 2.93. The maximum absolute atomic E-state index is 12.1. The van der Waals surface area contributed by atoms with Gasteiger partial charge in [-0.25, -0.2) is 0 Å². The van der Waals surface area contributed by atoms with Gasteiger partial charge in [0.15, 0.2) is 0 Å². The van der Waals surface area contributed by atoms with Gasteiger partial charge in [0.05, 0.1) is 52.9 Å². The van der Waals surface area contributed by atoms with E-state index >= 15 is 0 Å². The van der Waals surface area contributed by atoms with Crippen molar-refractivity contribution >= 4 is 11.6 Å². The van der Waals surface area contributed by atoms with Crippen molar-refractivity contribution in [2.24, 2.45) is 11.8 Å². The number of carbonyl (C=O) groups is 2. The molecule has 0 N–H and O–H groups in total. The third-order valence-corrected chi connectivity index (χ3v) is 6.55. The van der Waals surface area contributed by atoms with Crippen molar-refractivity contribution in [1.82, 2.24) is 0 Å². The van der Waals surface area contributed by atoms with Crippen molar-refractivity contribution in [1.29, 1.82) is 0 Å². The van der Waals surface area contributed by atoms with Crippen molar-refractivity contribution in [2.75, 3.05) is 79.3 Å². The molecule has 0 saturated carbocycles. The summed E-state index contributed by atoms with van der Waals surface area (Å²) in [5, 5.41) is 0. The minimum absolute atomic E-state index is 0.238. The number of ether oxygens (including phenoxy) is 6. The first-order valence-electron chi connectivity index (χ1n) is 16.4. The number of ketones is 2. The Labute approximate surface area is 251 Å². The minimum atomic E-state index is 0.238. The monoisotopic (exact) mass is 588 g/mol. The quantitative estimate of drug-likeness (QED) is 0.0776. The van der Waals surface area contributed by atoms with Gasteiger partial charge < -0.3 is 28.4 Å². The maximum Gasteiger partial charge on any atom is 0.132 e. The predicted molar refractivity (Wildman–Crippen MR) is 165 cm³/mol. The standard InChI is InChI=1S/C33H64O8/c1-30(2)12-5-8-18-36-22-26-40-27-23-37-19-9-6-13-32(34)15-11-16-33(35)14-7-10-20-38-24-28-41-29-25-39-21-17-31(3)4/h30-31H,5-29H2,1-4H3. The molecule has 41 heavy (non-hydrogen) atoms. The van der Waals surface area contributed by atoms with E-state index in [1.54, 1.807) is 0 Å². The fourth-order valence-electron chi connectivity index (χ4n) is 3.94. The van der Waals surface area contributed by atoms with Crippen molar-refractivity contribution in [3.8, 4) is 0 Å². The molecule has 0 rings (SSSR count). The number of Topliss-reactive ketones (excluding diaryl/α,β-unsaturated/α-hetero) is 2. The van der Waals surface area contributed by atoms with Crippen LogP contribution in [0.15, 0.2) is 0 Å². The normalized spacial score (nSPS) is 11.7. The Morgan fingerprint density at radius 2 is 0.683 bits per heavy atom. The zero-order chi connectivity index (χ0) is 30.2. The highest BCUT2D eigenvalue weighted by molar-refractivity contribution is 5.81. The molecule has 0 unspecified atom stereocenters. The van der Waals surface area contributed by atoms with Crippen LogP contribution in [0.4, 0.5) is 0 Å². The van der Waals surface area contributed by atoms with Gasteiger partial charge in [0, 0.05) is 52.1 Å². The van der Waals surface area contributed by atoms with E-state index < -0.39 is 0 Å². The lowest BCUT2D eigenvalue weighted by Gasteiger charge is -2.08. The van der Waals surface area contributed by atoms with Gasteiger partial charge in [0.1, 0.15) is 11.6 Å². The molecule has 0 bridgehead atoms. The van der Waals surface area contributed by atoms with Gasteiger partial charge in [-0.2, -0.15) is 0 Å². The summed E-state index contributed by atoms with van der Waals surface area (Å²) in [6, 6.07) is 0. The number of hydrogen-bond donors (Lipinski definition) is 0. The molecule has 0 aromatic rings. The smallest absolute Gasteiger partial charge is 0.132 e. The molecule has 0 aliphatic heterocycles. The molecule has 0 heterocycles. The third kappa shape index (κ3) is 35.2. The Morgan fingerprint density at radius 3 is 1.07 bits per heavy atom. The van der Waals surface area contributed by atoms with E-state index in [9.17, 15) is 9.59 Å². The summed E-state index contributed by atoms with van der Waals surface area (Å²) in [4.78, 5) is 24.1. The Hall–Kier alpha value is -0.900. The molecule has 0 aliphatic rings. The second-order valence-corrected chi connectivity index (χ2v) is 11.6. The first-order chi connectivity index (χ1) is 19.9.